The highest BCUT2D eigenvalue weighted by Crippen LogP contribution is 2.43. The minimum absolute atomic E-state index is 0.0202. The molecule has 298 valence electrons. The minimum Gasteiger partial charge on any atom is -0.462 e. The molecule has 0 aliphatic heterocycles. The number of hydrogen-bond acceptors (Lipinski definition) is 8. The van der Waals surface area contributed by atoms with Crippen LogP contribution in [-0.2, 0) is 32.7 Å². The molecular formula is C41H76NO8P. The molecule has 0 spiro atoms. The van der Waals surface area contributed by atoms with Gasteiger partial charge in [0.25, 0.3) is 0 Å². The number of unbranched alkanes of at least 4 members (excludes halogenated alkanes) is 18. The van der Waals surface area contributed by atoms with E-state index < -0.39 is 32.5 Å². The third kappa shape index (κ3) is 37.8. The first-order valence-corrected chi connectivity index (χ1v) is 21.9. The maximum Gasteiger partial charge on any atom is 0.472 e. The van der Waals surface area contributed by atoms with Crippen molar-refractivity contribution >= 4 is 19.8 Å². The molecule has 0 fully saturated rings. The summed E-state index contributed by atoms with van der Waals surface area (Å²) >= 11 is 0. The zero-order valence-electron chi connectivity index (χ0n) is 32.8. The Kier molecular flexibility index (Phi) is 36.7. The Morgan fingerprint density at radius 1 is 0.608 bits per heavy atom. The van der Waals surface area contributed by atoms with Gasteiger partial charge in [0.2, 0.25) is 0 Å². The SMILES string of the molecule is CCCCC/C=C\C/C=C\C/C=C\CCCCCCC(=O)OCC(COP(=O)(O)OCCNC)OC(=O)CCCCCCCCCCCCCC. The number of phosphoric acid groups is 1. The number of nitrogens with one attached hydrogen (secondary N) is 1. The van der Waals surface area contributed by atoms with Crippen LogP contribution in [0.15, 0.2) is 36.5 Å². The van der Waals surface area contributed by atoms with Gasteiger partial charge < -0.3 is 19.7 Å². The fraction of sp³-hybridized carbons (Fsp3) is 0.805. The van der Waals surface area contributed by atoms with Crippen molar-refractivity contribution in [2.24, 2.45) is 0 Å². The van der Waals surface area contributed by atoms with E-state index >= 15 is 0 Å². The van der Waals surface area contributed by atoms with Crippen LogP contribution < -0.4 is 5.32 Å². The maximum absolute atomic E-state index is 12.6. The van der Waals surface area contributed by atoms with Crippen LogP contribution in [0.25, 0.3) is 0 Å². The second-order valence-corrected chi connectivity index (χ2v) is 14.9. The quantitative estimate of drug-likeness (QED) is 0.0276. The lowest BCUT2D eigenvalue weighted by Gasteiger charge is -2.20. The first-order valence-electron chi connectivity index (χ1n) is 20.4. The molecule has 0 aromatic carbocycles. The highest BCUT2D eigenvalue weighted by Gasteiger charge is 2.26. The summed E-state index contributed by atoms with van der Waals surface area (Å²) in [7, 11) is -2.65. The predicted octanol–water partition coefficient (Wildman–Crippen LogP) is 11.3. The summed E-state index contributed by atoms with van der Waals surface area (Å²) < 4.78 is 33.1. The van der Waals surface area contributed by atoms with Crippen molar-refractivity contribution < 1.29 is 37.6 Å². The molecule has 2 unspecified atom stereocenters. The third-order valence-corrected chi connectivity index (χ3v) is 9.50. The van der Waals surface area contributed by atoms with Gasteiger partial charge in [-0.25, -0.2) is 4.57 Å². The average molecular weight is 742 g/mol. The molecule has 0 saturated carbocycles. The van der Waals surface area contributed by atoms with Crippen molar-refractivity contribution in [3.8, 4) is 0 Å². The van der Waals surface area contributed by atoms with Gasteiger partial charge in [-0.05, 0) is 58.4 Å². The summed E-state index contributed by atoms with van der Waals surface area (Å²) in [6.45, 7) is 4.16. The van der Waals surface area contributed by atoms with Crippen LogP contribution in [0.5, 0.6) is 0 Å². The van der Waals surface area contributed by atoms with E-state index in [0.717, 1.165) is 51.4 Å². The Hall–Kier alpha value is -1.77. The molecule has 0 rings (SSSR count). The van der Waals surface area contributed by atoms with E-state index in [4.69, 9.17) is 18.5 Å². The lowest BCUT2D eigenvalue weighted by atomic mass is 10.0. The van der Waals surface area contributed by atoms with Gasteiger partial charge >= 0.3 is 19.8 Å². The van der Waals surface area contributed by atoms with Gasteiger partial charge in [-0.1, -0.05) is 147 Å². The van der Waals surface area contributed by atoms with Gasteiger partial charge in [-0.2, -0.15) is 0 Å². The minimum atomic E-state index is -4.35. The van der Waals surface area contributed by atoms with Gasteiger partial charge in [0.05, 0.1) is 13.2 Å². The van der Waals surface area contributed by atoms with Gasteiger partial charge in [-0.15, -0.1) is 0 Å². The van der Waals surface area contributed by atoms with Gasteiger partial charge in [0.1, 0.15) is 6.61 Å². The number of carbonyl (C=O) groups is 2. The van der Waals surface area contributed by atoms with Crippen LogP contribution in [0.3, 0.4) is 0 Å². The largest absolute Gasteiger partial charge is 0.472 e. The van der Waals surface area contributed by atoms with Crippen LogP contribution in [0.4, 0.5) is 0 Å². The fourth-order valence-electron chi connectivity index (χ4n) is 5.38. The first kappa shape index (κ1) is 49.2. The topological polar surface area (TPSA) is 120 Å². The van der Waals surface area contributed by atoms with Crippen LogP contribution in [0, 0.1) is 0 Å². The average Bonchev–Trinajstić information content (AvgIpc) is 3.11. The predicted molar refractivity (Wildman–Crippen MR) is 211 cm³/mol. The van der Waals surface area contributed by atoms with E-state index in [1.54, 1.807) is 7.05 Å². The van der Waals surface area contributed by atoms with Gasteiger partial charge in [0.15, 0.2) is 6.10 Å². The number of likely N-dealkylation sites (N-methyl/N-ethyl adjacent to an activating group) is 1. The number of hydrogen-bond donors (Lipinski definition) is 2. The van der Waals surface area contributed by atoms with Crippen molar-refractivity contribution in [2.45, 2.75) is 180 Å². The standard InChI is InChI=1S/C41H76NO8P/c1-4-6-8-10-12-14-16-18-19-20-21-22-24-25-27-29-31-33-40(43)47-37-39(38-49-51(45,46)48-36-35-42-3)50-41(44)34-32-30-28-26-23-17-15-13-11-9-7-5-2/h12,14,18-19,21-22,39,42H,4-11,13,15-17,20,23-38H2,1-3H3,(H,45,46)/b14-12-,19-18-,22-21-. The van der Waals surface area contributed by atoms with E-state index in [1.165, 1.54) is 83.5 Å². The molecule has 0 saturated heterocycles. The van der Waals surface area contributed by atoms with E-state index in [0.29, 0.717) is 19.4 Å². The number of allylic oxidation sites excluding steroid dienone is 6. The molecule has 0 radical (unpaired) electrons. The fourth-order valence-corrected chi connectivity index (χ4v) is 6.13. The Morgan fingerprint density at radius 3 is 1.61 bits per heavy atom. The van der Waals surface area contributed by atoms with Crippen LogP contribution in [-0.4, -0.2) is 56.3 Å². The van der Waals surface area contributed by atoms with Gasteiger partial charge in [-0.3, -0.25) is 18.6 Å². The molecule has 9 nitrogen and oxygen atoms in total. The molecule has 0 aromatic rings. The molecule has 10 heteroatoms. The smallest absolute Gasteiger partial charge is 0.462 e. The molecular weight excluding hydrogens is 665 g/mol. The van der Waals surface area contributed by atoms with Crippen molar-refractivity contribution in [1.29, 1.82) is 0 Å². The molecule has 51 heavy (non-hydrogen) atoms. The number of phosphoric ester groups is 1. The highest BCUT2D eigenvalue weighted by atomic mass is 31.2. The molecule has 2 N–H and O–H groups in total. The number of carbonyl (C=O) groups excluding carboxylic acids is 2. The van der Waals surface area contributed by atoms with E-state index in [2.05, 4.69) is 55.6 Å². The highest BCUT2D eigenvalue weighted by molar-refractivity contribution is 7.47. The molecule has 0 amide bonds. The number of esters is 2. The van der Waals surface area contributed by atoms with E-state index in [9.17, 15) is 19.0 Å². The molecule has 0 aliphatic rings. The second-order valence-electron chi connectivity index (χ2n) is 13.5. The monoisotopic (exact) mass is 742 g/mol. The van der Waals surface area contributed by atoms with Crippen molar-refractivity contribution in [1.82, 2.24) is 5.32 Å². The first-order chi connectivity index (χ1) is 24.8. The van der Waals surface area contributed by atoms with Crippen LogP contribution in [0.1, 0.15) is 174 Å². The van der Waals surface area contributed by atoms with Crippen LogP contribution >= 0.6 is 7.82 Å². The van der Waals surface area contributed by atoms with E-state index in [1.807, 2.05) is 0 Å². The molecule has 0 heterocycles. The van der Waals surface area contributed by atoms with E-state index in [-0.39, 0.29) is 26.1 Å². The summed E-state index contributed by atoms with van der Waals surface area (Å²) in [6.07, 6.45) is 39.0. The summed E-state index contributed by atoms with van der Waals surface area (Å²) in [6, 6.07) is 0. The summed E-state index contributed by atoms with van der Waals surface area (Å²) in [5.74, 6) is -0.831. The molecule has 0 aliphatic carbocycles. The Morgan fingerprint density at radius 2 is 1.06 bits per heavy atom. The summed E-state index contributed by atoms with van der Waals surface area (Å²) in [5, 5.41) is 2.82. The Balaban J connectivity index is 4.28. The normalized spacial score (nSPS) is 13.7. The summed E-state index contributed by atoms with van der Waals surface area (Å²) in [4.78, 5) is 34.9. The zero-order valence-corrected chi connectivity index (χ0v) is 33.7. The molecule has 2 atom stereocenters. The zero-order chi connectivity index (χ0) is 37.5. The van der Waals surface area contributed by atoms with Crippen molar-refractivity contribution in [3.05, 3.63) is 36.5 Å². The Labute approximate surface area is 312 Å². The summed E-state index contributed by atoms with van der Waals surface area (Å²) in [5.41, 5.74) is 0. The number of rotatable bonds is 38. The van der Waals surface area contributed by atoms with Crippen molar-refractivity contribution in [2.75, 3.05) is 33.4 Å². The molecule has 0 bridgehead atoms. The Bertz CT molecular complexity index is 939. The van der Waals surface area contributed by atoms with Crippen molar-refractivity contribution in [3.63, 3.8) is 0 Å². The van der Waals surface area contributed by atoms with Crippen LogP contribution in [0.2, 0.25) is 0 Å². The maximum atomic E-state index is 12.6. The molecule has 0 aromatic heterocycles. The number of ether oxygens (including phenoxy) is 2. The van der Waals surface area contributed by atoms with Gasteiger partial charge in [0, 0.05) is 19.4 Å². The lowest BCUT2D eigenvalue weighted by molar-refractivity contribution is -0.161. The lowest BCUT2D eigenvalue weighted by Crippen LogP contribution is -2.29. The second kappa shape index (κ2) is 38.0. The third-order valence-electron chi connectivity index (χ3n) is 8.51.